The van der Waals surface area contributed by atoms with E-state index in [0.717, 1.165) is 16.7 Å². The molecular weight excluding hydrogens is 380 g/mol. The van der Waals surface area contributed by atoms with Crippen molar-refractivity contribution < 1.29 is 14.3 Å². The van der Waals surface area contributed by atoms with Gasteiger partial charge >= 0.3 is 0 Å². The molecule has 28 heavy (non-hydrogen) atoms. The number of carbonyl (C=O) groups is 1. The van der Waals surface area contributed by atoms with E-state index in [4.69, 9.17) is 9.47 Å². The second-order valence-corrected chi connectivity index (χ2v) is 7.31. The van der Waals surface area contributed by atoms with E-state index in [1.54, 1.807) is 28.8 Å². The molecule has 1 aliphatic rings. The Hall–Kier alpha value is -3.01. The third kappa shape index (κ3) is 4.28. The Morgan fingerprint density at radius 3 is 3.04 bits per heavy atom. The Bertz CT molecular complexity index is 956. The number of aryl methyl sites for hydroxylation is 1. The molecule has 0 saturated carbocycles. The summed E-state index contributed by atoms with van der Waals surface area (Å²) in [5.41, 5.74) is 0.277. The molecule has 1 aliphatic heterocycles. The molecule has 0 spiro atoms. The lowest BCUT2D eigenvalue weighted by Crippen LogP contribution is -2.33. The predicted molar refractivity (Wildman–Crippen MR) is 103 cm³/mol. The van der Waals surface area contributed by atoms with Crippen LogP contribution >= 0.6 is 11.8 Å². The minimum atomic E-state index is -0.252. The van der Waals surface area contributed by atoms with E-state index in [9.17, 15) is 4.79 Å². The summed E-state index contributed by atoms with van der Waals surface area (Å²) in [7, 11) is 1.94. The van der Waals surface area contributed by atoms with Crippen LogP contribution in [-0.2, 0) is 13.6 Å². The third-order valence-electron chi connectivity index (χ3n) is 4.13. The van der Waals surface area contributed by atoms with Crippen LogP contribution in [0, 0.1) is 0 Å². The lowest BCUT2D eigenvalue weighted by atomic mass is 10.2. The molecule has 0 aliphatic carbocycles. The van der Waals surface area contributed by atoms with E-state index in [2.05, 4.69) is 20.6 Å². The number of amides is 1. The fraction of sp³-hybridized carbons (Fsp3) is 0.333. The van der Waals surface area contributed by atoms with Crippen molar-refractivity contribution in [3.8, 4) is 11.5 Å². The smallest absolute Gasteiger partial charge is 0.273 e. The summed E-state index contributed by atoms with van der Waals surface area (Å²) in [5.74, 6) is 1.91. The predicted octanol–water partition coefficient (Wildman–Crippen LogP) is 1.37. The normalized spacial score (nSPS) is 15.4. The number of thioether (sulfide) groups is 1. The van der Waals surface area contributed by atoms with Gasteiger partial charge in [0.05, 0.1) is 12.7 Å². The van der Waals surface area contributed by atoms with Gasteiger partial charge < -0.3 is 19.4 Å². The van der Waals surface area contributed by atoms with Crippen LogP contribution in [-0.4, -0.2) is 55.5 Å². The van der Waals surface area contributed by atoms with Gasteiger partial charge in [0.25, 0.3) is 5.91 Å². The van der Waals surface area contributed by atoms with Crippen LogP contribution in [0.2, 0.25) is 0 Å². The summed E-state index contributed by atoms with van der Waals surface area (Å²) >= 11 is 1.58. The number of benzene rings is 1. The number of rotatable bonds is 7. The van der Waals surface area contributed by atoms with Crippen LogP contribution in [0.1, 0.15) is 10.5 Å². The van der Waals surface area contributed by atoms with Crippen LogP contribution in [0.4, 0.5) is 0 Å². The summed E-state index contributed by atoms with van der Waals surface area (Å²) in [6, 6.07) is 7.54. The Morgan fingerprint density at radius 2 is 2.21 bits per heavy atom. The number of carbonyl (C=O) groups excluding carboxylic acids is 1. The first kappa shape index (κ1) is 18.4. The van der Waals surface area contributed by atoms with Gasteiger partial charge in [0.1, 0.15) is 6.61 Å². The lowest BCUT2D eigenvalue weighted by molar-refractivity contribution is 0.0754. The molecule has 0 bridgehead atoms. The summed E-state index contributed by atoms with van der Waals surface area (Å²) in [5, 5.41) is 11.7. The molecule has 4 rings (SSSR count). The summed E-state index contributed by atoms with van der Waals surface area (Å²) in [4.78, 5) is 16.5. The van der Waals surface area contributed by atoms with Gasteiger partial charge in [-0.1, -0.05) is 29.1 Å². The molecule has 3 aromatic rings. The van der Waals surface area contributed by atoms with Gasteiger partial charge in [0.2, 0.25) is 0 Å². The number of aromatic nitrogens is 5. The number of nitrogens with zero attached hydrogens (tertiary/aromatic N) is 5. The number of nitrogens with one attached hydrogen (secondary N) is 1. The van der Waals surface area contributed by atoms with Crippen LogP contribution in [0.15, 0.2) is 48.0 Å². The first-order valence-electron chi connectivity index (χ1n) is 8.86. The molecule has 0 radical (unpaired) electrons. The van der Waals surface area contributed by atoms with Crippen molar-refractivity contribution in [2.45, 2.75) is 17.8 Å². The molecule has 1 aromatic carbocycles. The van der Waals surface area contributed by atoms with E-state index in [1.807, 2.05) is 42.1 Å². The fourth-order valence-electron chi connectivity index (χ4n) is 2.74. The topological polar surface area (TPSA) is 96.1 Å². The van der Waals surface area contributed by atoms with Crippen LogP contribution in [0.5, 0.6) is 11.5 Å². The average molecular weight is 400 g/mol. The Labute approximate surface area is 166 Å². The van der Waals surface area contributed by atoms with Gasteiger partial charge in [-0.3, -0.25) is 4.79 Å². The van der Waals surface area contributed by atoms with E-state index < -0.39 is 0 Å². The van der Waals surface area contributed by atoms with Crippen LogP contribution < -0.4 is 14.8 Å². The van der Waals surface area contributed by atoms with Gasteiger partial charge in [-0.25, -0.2) is 9.67 Å². The minimum Gasteiger partial charge on any atom is -0.486 e. The van der Waals surface area contributed by atoms with Crippen molar-refractivity contribution in [2.24, 2.45) is 7.05 Å². The first-order valence-corrected chi connectivity index (χ1v) is 9.84. The third-order valence-corrected chi connectivity index (χ3v) is 5.19. The number of hydrogen-bond donors (Lipinski definition) is 1. The fourth-order valence-corrected chi connectivity index (χ4v) is 3.53. The SMILES string of the molecule is Cn1ccnc1SCCNC(=O)c1cn(C[C@@H]2COc3ccccc3O2)nn1. The van der Waals surface area contributed by atoms with Crippen LogP contribution in [0.25, 0.3) is 0 Å². The first-order chi connectivity index (χ1) is 13.7. The van der Waals surface area contributed by atoms with Gasteiger partial charge in [0.15, 0.2) is 28.5 Å². The maximum Gasteiger partial charge on any atom is 0.273 e. The highest BCUT2D eigenvalue weighted by Crippen LogP contribution is 2.31. The van der Waals surface area contributed by atoms with Crippen LogP contribution in [0.3, 0.4) is 0 Å². The molecule has 2 aromatic heterocycles. The van der Waals surface area contributed by atoms with Gasteiger partial charge in [0, 0.05) is 31.7 Å². The summed E-state index contributed by atoms with van der Waals surface area (Å²) in [6.07, 6.45) is 5.06. The summed E-state index contributed by atoms with van der Waals surface area (Å²) < 4.78 is 15.1. The molecule has 9 nitrogen and oxygen atoms in total. The summed E-state index contributed by atoms with van der Waals surface area (Å²) in [6.45, 7) is 1.38. The molecule has 0 unspecified atom stereocenters. The van der Waals surface area contributed by atoms with E-state index in [0.29, 0.717) is 25.4 Å². The molecule has 1 N–H and O–H groups in total. The van der Waals surface area contributed by atoms with Gasteiger partial charge in [-0.15, -0.1) is 5.10 Å². The zero-order valence-electron chi connectivity index (χ0n) is 15.3. The van der Waals surface area contributed by atoms with Crippen molar-refractivity contribution in [3.05, 3.63) is 48.5 Å². The van der Waals surface area contributed by atoms with E-state index in [1.165, 1.54) is 0 Å². The number of ether oxygens (including phenoxy) is 2. The monoisotopic (exact) mass is 400 g/mol. The molecule has 3 heterocycles. The molecule has 0 fully saturated rings. The molecule has 1 amide bonds. The lowest BCUT2D eigenvalue weighted by Gasteiger charge is -2.26. The maximum atomic E-state index is 12.2. The van der Waals surface area contributed by atoms with E-state index in [-0.39, 0.29) is 17.7 Å². The molecular formula is C18H20N6O3S. The van der Waals surface area contributed by atoms with Crippen molar-refractivity contribution in [3.63, 3.8) is 0 Å². The van der Waals surface area contributed by atoms with Crippen molar-refractivity contribution in [2.75, 3.05) is 18.9 Å². The minimum absolute atomic E-state index is 0.193. The number of para-hydroxylation sites is 2. The number of imidazole rings is 1. The standard InChI is InChI=1S/C18H20N6O3S/c1-23-8-6-20-18(23)28-9-7-19-17(25)14-11-24(22-21-14)10-13-12-26-15-4-2-3-5-16(15)27-13/h2-6,8,11,13H,7,9-10,12H2,1H3,(H,19,25)/t13-/m1/s1. The molecule has 0 saturated heterocycles. The molecule has 146 valence electrons. The maximum absolute atomic E-state index is 12.2. The number of hydrogen-bond acceptors (Lipinski definition) is 7. The Kier molecular flexibility index (Phi) is 5.47. The highest BCUT2D eigenvalue weighted by atomic mass is 32.2. The van der Waals surface area contributed by atoms with Crippen molar-refractivity contribution in [1.82, 2.24) is 29.9 Å². The molecule has 1 atom stereocenters. The highest BCUT2D eigenvalue weighted by molar-refractivity contribution is 7.99. The van der Waals surface area contributed by atoms with Gasteiger partial charge in [-0.05, 0) is 12.1 Å². The van der Waals surface area contributed by atoms with Crippen molar-refractivity contribution >= 4 is 17.7 Å². The van der Waals surface area contributed by atoms with Crippen molar-refractivity contribution in [1.29, 1.82) is 0 Å². The Morgan fingerprint density at radius 1 is 1.36 bits per heavy atom. The number of fused-ring (bicyclic) bond motifs is 1. The zero-order valence-corrected chi connectivity index (χ0v) is 16.1. The van der Waals surface area contributed by atoms with E-state index >= 15 is 0 Å². The largest absolute Gasteiger partial charge is 0.486 e. The zero-order chi connectivity index (χ0) is 19.3. The Balaban J connectivity index is 1.25. The average Bonchev–Trinajstić information content (AvgIpc) is 3.34. The second kappa shape index (κ2) is 8.34. The molecule has 10 heteroatoms. The quantitative estimate of drug-likeness (QED) is 0.473. The van der Waals surface area contributed by atoms with Gasteiger partial charge in [-0.2, -0.15) is 0 Å². The second-order valence-electron chi connectivity index (χ2n) is 6.25. The highest BCUT2D eigenvalue weighted by Gasteiger charge is 2.22.